The Hall–Kier alpha value is -2.98. The molecule has 1 aromatic heterocycles. The normalized spacial score (nSPS) is 16.9. The molecule has 1 saturated heterocycles. The summed E-state index contributed by atoms with van der Waals surface area (Å²) in [6.45, 7) is 2.04. The Morgan fingerprint density at radius 1 is 1.08 bits per heavy atom. The molecule has 0 spiro atoms. The van der Waals surface area contributed by atoms with Crippen molar-refractivity contribution in [1.29, 1.82) is 0 Å². The molecule has 3 aromatic carbocycles. The maximum Gasteiger partial charge on any atom is 0.301 e. The van der Waals surface area contributed by atoms with E-state index in [1.165, 1.54) is 33.6 Å². The molecule has 0 saturated carbocycles. The average molecular weight is 613 g/mol. The Balaban J connectivity index is 1.53. The zero-order chi connectivity index (χ0) is 26.1. The number of Topliss-reactive ketones (excluding diaryl/α,β-unsaturated/α-hetero) is 1. The van der Waals surface area contributed by atoms with Crippen LogP contribution in [0.1, 0.15) is 28.3 Å². The summed E-state index contributed by atoms with van der Waals surface area (Å²) < 4.78 is 1.44. The number of hydrogen-bond donors (Lipinski definition) is 1. The van der Waals surface area contributed by atoms with E-state index in [1.807, 2.05) is 25.1 Å². The number of hydrogen-bond acceptors (Lipinski definition) is 7. The van der Waals surface area contributed by atoms with Gasteiger partial charge in [0, 0.05) is 20.8 Å². The van der Waals surface area contributed by atoms with Crippen LogP contribution in [0, 0.1) is 6.92 Å². The number of nitrogens with zero attached hydrogens (tertiary/aromatic N) is 3. The van der Waals surface area contributed by atoms with Crippen molar-refractivity contribution >= 4 is 73.2 Å². The molecule has 6 nitrogen and oxygen atoms in total. The number of aryl methyl sites for hydroxylation is 1. The second-order valence-electron chi connectivity index (χ2n) is 8.36. The highest BCUT2D eigenvalue weighted by molar-refractivity contribution is 9.10. The van der Waals surface area contributed by atoms with E-state index in [9.17, 15) is 14.7 Å². The van der Waals surface area contributed by atoms with Gasteiger partial charge in [-0.05, 0) is 54.4 Å². The van der Waals surface area contributed by atoms with Gasteiger partial charge in [0.2, 0.25) is 5.13 Å². The van der Waals surface area contributed by atoms with Gasteiger partial charge in [-0.3, -0.25) is 14.5 Å². The van der Waals surface area contributed by atoms with E-state index < -0.39 is 17.7 Å². The summed E-state index contributed by atoms with van der Waals surface area (Å²) in [6, 6.07) is 21.1. The third-order valence-corrected chi connectivity index (χ3v) is 8.68. The number of thioether (sulfide) groups is 1. The lowest BCUT2D eigenvalue weighted by molar-refractivity contribution is -0.132. The van der Waals surface area contributed by atoms with Crippen molar-refractivity contribution in [2.45, 2.75) is 23.1 Å². The molecule has 1 aliphatic heterocycles. The van der Waals surface area contributed by atoms with Gasteiger partial charge in [0.25, 0.3) is 5.78 Å². The summed E-state index contributed by atoms with van der Waals surface area (Å²) in [6.07, 6.45) is 0. The molecular formula is C27H19BrClN3O3S2. The van der Waals surface area contributed by atoms with Crippen LogP contribution in [-0.2, 0) is 15.3 Å². The van der Waals surface area contributed by atoms with Crippen molar-refractivity contribution in [2.75, 3.05) is 4.90 Å². The first-order valence-electron chi connectivity index (χ1n) is 11.2. The fourth-order valence-corrected chi connectivity index (χ4v) is 6.34. The van der Waals surface area contributed by atoms with Crippen LogP contribution in [-0.4, -0.2) is 27.0 Å². The lowest BCUT2D eigenvalue weighted by Gasteiger charge is -2.22. The third kappa shape index (κ3) is 5.36. The van der Waals surface area contributed by atoms with Gasteiger partial charge >= 0.3 is 5.91 Å². The Bertz CT molecular complexity index is 1520. The standard InChI is InChI=1S/C27H19BrClN3O3S2/c1-15-5-7-16(8-6-15)14-36-27-31-30-26(37-27)32-22(18-3-2-4-19(28)13-18)21(24(34)25(32)35)23(33)17-9-11-20(29)12-10-17/h2-13,22,33H,14H2,1H3/b23-21-. The number of amides is 1. The minimum absolute atomic E-state index is 0.0190. The Morgan fingerprint density at radius 3 is 2.51 bits per heavy atom. The van der Waals surface area contributed by atoms with Gasteiger partial charge in [-0.1, -0.05) is 92.6 Å². The minimum Gasteiger partial charge on any atom is -0.507 e. The lowest BCUT2D eigenvalue weighted by Crippen LogP contribution is -2.29. The molecule has 1 N–H and O–H groups in total. The van der Waals surface area contributed by atoms with E-state index in [4.69, 9.17) is 11.6 Å². The smallest absolute Gasteiger partial charge is 0.301 e. The van der Waals surface area contributed by atoms with Crippen molar-refractivity contribution in [3.05, 3.63) is 110 Å². The van der Waals surface area contributed by atoms with E-state index in [0.29, 0.717) is 26.2 Å². The molecule has 5 rings (SSSR count). The lowest BCUT2D eigenvalue weighted by atomic mass is 9.95. The monoisotopic (exact) mass is 611 g/mol. The summed E-state index contributed by atoms with van der Waals surface area (Å²) in [7, 11) is 0. The highest BCUT2D eigenvalue weighted by Crippen LogP contribution is 2.44. The third-order valence-electron chi connectivity index (χ3n) is 5.81. The van der Waals surface area contributed by atoms with Crippen LogP contribution in [0.3, 0.4) is 0 Å². The summed E-state index contributed by atoms with van der Waals surface area (Å²) in [5, 5.41) is 20.5. The van der Waals surface area contributed by atoms with E-state index in [1.54, 1.807) is 30.3 Å². The van der Waals surface area contributed by atoms with Gasteiger partial charge in [-0.15, -0.1) is 10.2 Å². The van der Waals surface area contributed by atoms with Crippen molar-refractivity contribution in [3.8, 4) is 0 Å². The number of anilines is 1. The molecule has 1 amide bonds. The maximum absolute atomic E-state index is 13.3. The van der Waals surface area contributed by atoms with Crippen LogP contribution < -0.4 is 4.90 Å². The molecule has 0 radical (unpaired) electrons. The predicted octanol–water partition coefficient (Wildman–Crippen LogP) is 7.18. The maximum atomic E-state index is 13.3. The van der Waals surface area contributed by atoms with Crippen molar-refractivity contribution in [1.82, 2.24) is 10.2 Å². The van der Waals surface area contributed by atoms with E-state index in [0.717, 1.165) is 10.0 Å². The van der Waals surface area contributed by atoms with E-state index in [2.05, 4.69) is 50.4 Å². The summed E-state index contributed by atoms with van der Waals surface area (Å²) in [4.78, 5) is 27.9. The number of aliphatic hydroxyl groups excluding tert-OH is 1. The molecule has 0 aliphatic carbocycles. The van der Waals surface area contributed by atoms with E-state index >= 15 is 0 Å². The largest absolute Gasteiger partial charge is 0.507 e. The zero-order valence-corrected chi connectivity index (χ0v) is 23.4. The molecule has 0 bridgehead atoms. The zero-order valence-electron chi connectivity index (χ0n) is 19.4. The number of halogens is 2. The van der Waals surface area contributed by atoms with E-state index in [-0.39, 0.29) is 16.5 Å². The van der Waals surface area contributed by atoms with Gasteiger partial charge in [-0.25, -0.2) is 0 Å². The highest BCUT2D eigenvalue weighted by Gasteiger charge is 2.48. The SMILES string of the molecule is Cc1ccc(CSc2nnc(N3C(=O)C(=O)/C(=C(\O)c4ccc(Cl)cc4)C3c3cccc(Br)c3)s2)cc1. The first kappa shape index (κ1) is 25.7. The number of rotatable bonds is 6. The topological polar surface area (TPSA) is 83.4 Å². The number of carbonyl (C=O) groups excluding carboxylic acids is 2. The van der Waals surface area contributed by atoms with Crippen molar-refractivity contribution in [2.24, 2.45) is 0 Å². The summed E-state index contributed by atoms with van der Waals surface area (Å²) in [5.74, 6) is -1.14. The van der Waals surface area contributed by atoms with Gasteiger partial charge < -0.3 is 5.11 Å². The quantitative estimate of drug-likeness (QED) is 0.0817. The average Bonchev–Trinajstić information content (AvgIpc) is 3.46. The number of aromatic nitrogens is 2. The number of ketones is 1. The second kappa shape index (κ2) is 10.8. The van der Waals surface area contributed by atoms with Crippen LogP contribution in [0.15, 0.2) is 87.2 Å². The van der Waals surface area contributed by atoms with Crippen molar-refractivity contribution in [3.63, 3.8) is 0 Å². The fraction of sp³-hybridized carbons (Fsp3) is 0.111. The molecule has 10 heteroatoms. The molecule has 1 aliphatic rings. The number of benzene rings is 3. The predicted molar refractivity (Wildman–Crippen MR) is 151 cm³/mol. The first-order chi connectivity index (χ1) is 17.8. The Labute approximate surface area is 235 Å². The van der Waals surface area contributed by atoms with Crippen LogP contribution in [0.5, 0.6) is 0 Å². The van der Waals surface area contributed by atoms with Crippen molar-refractivity contribution < 1.29 is 14.7 Å². The number of aliphatic hydroxyl groups is 1. The molecular weight excluding hydrogens is 594 g/mol. The van der Waals surface area contributed by atoms with Gasteiger partial charge in [0.15, 0.2) is 4.34 Å². The van der Waals surface area contributed by atoms with Crippen LogP contribution in [0.4, 0.5) is 5.13 Å². The molecule has 186 valence electrons. The molecule has 2 heterocycles. The summed E-state index contributed by atoms with van der Waals surface area (Å²) >= 11 is 12.2. The molecule has 1 unspecified atom stereocenters. The highest BCUT2D eigenvalue weighted by atomic mass is 79.9. The van der Waals surface area contributed by atoms with Crippen LogP contribution in [0.2, 0.25) is 5.02 Å². The van der Waals surface area contributed by atoms with Gasteiger partial charge in [0.05, 0.1) is 11.6 Å². The van der Waals surface area contributed by atoms with Gasteiger partial charge in [-0.2, -0.15) is 0 Å². The van der Waals surface area contributed by atoms with Gasteiger partial charge in [0.1, 0.15) is 5.76 Å². The number of carbonyl (C=O) groups is 2. The second-order valence-corrected chi connectivity index (χ2v) is 11.9. The van der Waals surface area contributed by atoms with Crippen LogP contribution >= 0.6 is 50.6 Å². The molecule has 1 atom stereocenters. The molecule has 37 heavy (non-hydrogen) atoms. The molecule has 4 aromatic rings. The Morgan fingerprint density at radius 2 is 1.81 bits per heavy atom. The summed E-state index contributed by atoms with van der Waals surface area (Å²) in [5.41, 5.74) is 3.34. The van der Waals surface area contributed by atoms with Crippen LogP contribution in [0.25, 0.3) is 5.76 Å². The fourth-order valence-electron chi connectivity index (χ4n) is 3.97. The Kier molecular flexibility index (Phi) is 7.48. The molecule has 1 fully saturated rings. The minimum atomic E-state index is -0.879. The first-order valence-corrected chi connectivity index (χ1v) is 14.1.